The SMILES string of the molecule is Cc1ccccc1CC(C)(O)c1ccncc1. The third-order valence-corrected chi connectivity index (χ3v) is 3.10. The molecule has 0 amide bonds. The zero-order valence-corrected chi connectivity index (χ0v) is 10.2. The summed E-state index contributed by atoms with van der Waals surface area (Å²) >= 11 is 0. The summed E-state index contributed by atoms with van der Waals surface area (Å²) < 4.78 is 0. The van der Waals surface area contributed by atoms with Gasteiger partial charge in [-0.3, -0.25) is 4.98 Å². The van der Waals surface area contributed by atoms with E-state index in [2.05, 4.69) is 24.0 Å². The van der Waals surface area contributed by atoms with E-state index in [9.17, 15) is 5.11 Å². The van der Waals surface area contributed by atoms with Crippen molar-refractivity contribution in [2.45, 2.75) is 25.9 Å². The van der Waals surface area contributed by atoms with Gasteiger partial charge in [-0.25, -0.2) is 0 Å². The number of pyridine rings is 1. The quantitative estimate of drug-likeness (QED) is 0.874. The molecule has 2 nitrogen and oxygen atoms in total. The summed E-state index contributed by atoms with van der Waals surface area (Å²) in [5.41, 5.74) is 2.43. The summed E-state index contributed by atoms with van der Waals surface area (Å²) in [6.45, 7) is 3.91. The van der Waals surface area contributed by atoms with Crippen LogP contribution in [0.1, 0.15) is 23.6 Å². The number of hydrogen-bond donors (Lipinski definition) is 1. The second kappa shape index (κ2) is 4.68. The number of nitrogens with zero attached hydrogens (tertiary/aromatic N) is 1. The molecule has 1 atom stereocenters. The average molecular weight is 227 g/mol. The Balaban J connectivity index is 2.27. The first-order valence-corrected chi connectivity index (χ1v) is 5.77. The summed E-state index contributed by atoms with van der Waals surface area (Å²) in [7, 11) is 0. The lowest BCUT2D eigenvalue weighted by atomic mass is 9.88. The fraction of sp³-hybridized carbons (Fsp3) is 0.267. The second-order valence-corrected chi connectivity index (χ2v) is 4.61. The molecule has 0 radical (unpaired) electrons. The highest BCUT2D eigenvalue weighted by molar-refractivity contribution is 5.30. The van der Waals surface area contributed by atoms with Gasteiger partial charge in [0.25, 0.3) is 0 Å². The molecular formula is C15H17NO. The molecule has 2 rings (SSSR count). The average Bonchev–Trinajstić information content (AvgIpc) is 2.33. The molecule has 0 aliphatic heterocycles. The van der Waals surface area contributed by atoms with Gasteiger partial charge >= 0.3 is 0 Å². The molecule has 1 aromatic heterocycles. The van der Waals surface area contributed by atoms with Crippen LogP contribution in [-0.2, 0) is 12.0 Å². The van der Waals surface area contributed by atoms with E-state index >= 15 is 0 Å². The lowest BCUT2D eigenvalue weighted by Crippen LogP contribution is -2.24. The Morgan fingerprint density at radius 1 is 1.12 bits per heavy atom. The van der Waals surface area contributed by atoms with Gasteiger partial charge in [0.1, 0.15) is 0 Å². The Hall–Kier alpha value is -1.67. The monoisotopic (exact) mass is 227 g/mol. The van der Waals surface area contributed by atoms with E-state index in [1.165, 1.54) is 11.1 Å². The van der Waals surface area contributed by atoms with E-state index in [4.69, 9.17) is 0 Å². The fourth-order valence-corrected chi connectivity index (χ4v) is 1.99. The van der Waals surface area contributed by atoms with Gasteiger partial charge in [0, 0.05) is 18.8 Å². The van der Waals surface area contributed by atoms with Crippen LogP contribution in [0.4, 0.5) is 0 Å². The third-order valence-electron chi connectivity index (χ3n) is 3.10. The van der Waals surface area contributed by atoms with E-state index in [0.717, 1.165) is 5.56 Å². The summed E-state index contributed by atoms with van der Waals surface area (Å²) in [6.07, 6.45) is 4.03. The third kappa shape index (κ3) is 2.71. The Morgan fingerprint density at radius 2 is 1.76 bits per heavy atom. The maximum Gasteiger partial charge on any atom is 0.0909 e. The molecule has 17 heavy (non-hydrogen) atoms. The molecule has 0 saturated carbocycles. The Kier molecular flexibility index (Phi) is 3.25. The van der Waals surface area contributed by atoms with Crippen molar-refractivity contribution in [3.05, 3.63) is 65.5 Å². The lowest BCUT2D eigenvalue weighted by Gasteiger charge is -2.24. The van der Waals surface area contributed by atoms with Gasteiger partial charge in [0.2, 0.25) is 0 Å². The molecule has 2 aromatic rings. The molecule has 2 heteroatoms. The van der Waals surface area contributed by atoms with Crippen LogP contribution in [-0.4, -0.2) is 10.1 Å². The number of benzene rings is 1. The summed E-state index contributed by atoms with van der Waals surface area (Å²) in [4.78, 5) is 3.97. The first-order valence-electron chi connectivity index (χ1n) is 5.77. The predicted molar refractivity (Wildman–Crippen MR) is 68.7 cm³/mol. The van der Waals surface area contributed by atoms with Gasteiger partial charge in [-0.2, -0.15) is 0 Å². The highest BCUT2D eigenvalue weighted by Crippen LogP contribution is 2.25. The molecule has 1 aromatic carbocycles. The van der Waals surface area contributed by atoms with Gasteiger partial charge in [-0.1, -0.05) is 24.3 Å². The van der Waals surface area contributed by atoms with Crippen molar-refractivity contribution in [2.75, 3.05) is 0 Å². The van der Waals surface area contributed by atoms with Crippen LogP contribution in [0, 0.1) is 6.92 Å². The standard InChI is InChI=1S/C15H17NO/c1-12-5-3-4-6-13(12)11-15(2,17)14-7-9-16-10-8-14/h3-10,17H,11H2,1-2H3. The van der Waals surface area contributed by atoms with Gasteiger partial charge in [-0.15, -0.1) is 0 Å². The van der Waals surface area contributed by atoms with Crippen LogP contribution in [0.5, 0.6) is 0 Å². The van der Waals surface area contributed by atoms with Crippen LogP contribution < -0.4 is 0 Å². The predicted octanol–water partition coefficient (Wildman–Crippen LogP) is 2.84. The number of hydrogen-bond acceptors (Lipinski definition) is 2. The van der Waals surface area contributed by atoms with E-state index in [1.807, 2.05) is 31.2 Å². The molecule has 0 fully saturated rings. The van der Waals surface area contributed by atoms with Crippen LogP contribution in [0.2, 0.25) is 0 Å². The maximum atomic E-state index is 10.5. The van der Waals surface area contributed by atoms with Crippen LogP contribution in [0.3, 0.4) is 0 Å². The molecule has 1 heterocycles. The summed E-state index contributed by atoms with van der Waals surface area (Å²) in [6, 6.07) is 11.9. The van der Waals surface area contributed by atoms with E-state index < -0.39 is 5.60 Å². The zero-order chi connectivity index (χ0) is 12.3. The molecule has 0 aliphatic rings. The smallest absolute Gasteiger partial charge is 0.0909 e. The summed E-state index contributed by atoms with van der Waals surface area (Å²) in [5.74, 6) is 0. The van der Waals surface area contributed by atoms with Crippen LogP contribution >= 0.6 is 0 Å². The van der Waals surface area contributed by atoms with Gasteiger partial charge in [-0.05, 0) is 42.7 Å². The molecular weight excluding hydrogens is 210 g/mol. The number of aryl methyl sites for hydroxylation is 1. The first kappa shape index (κ1) is 11.8. The Bertz CT molecular complexity index is 491. The van der Waals surface area contributed by atoms with E-state index in [-0.39, 0.29) is 0 Å². The van der Waals surface area contributed by atoms with Crippen molar-refractivity contribution < 1.29 is 5.11 Å². The molecule has 1 N–H and O–H groups in total. The minimum absolute atomic E-state index is 0.615. The molecule has 88 valence electrons. The minimum Gasteiger partial charge on any atom is -0.385 e. The van der Waals surface area contributed by atoms with Crippen molar-refractivity contribution in [3.8, 4) is 0 Å². The lowest BCUT2D eigenvalue weighted by molar-refractivity contribution is 0.0574. The highest BCUT2D eigenvalue weighted by atomic mass is 16.3. The van der Waals surface area contributed by atoms with E-state index in [1.54, 1.807) is 12.4 Å². The molecule has 1 unspecified atom stereocenters. The molecule has 0 spiro atoms. The zero-order valence-electron chi connectivity index (χ0n) is 10.2. The molecule has 0 bridgehead atoms. The number of aromatic nitrogens is 1. The van der Waals surface area contributed by atoms with Crippen molar-refractivity contribution >= 4 is 0 Å². The topological polar surface area (TPSA) is 33.1 Å². The van der Waals surface area contributed by atoms with Crippen molar-refractivity contribution in [3.63, 3.8) is 0 Å². The molecule has 0 saturated heterocycles. The van der Waals surface area contributed by atoms with Gasteiger partial charge < -0.3 is 5.11 Å². The maximum absolute atomic E-state index is 10.5. The van der Waals surface area contributed by atoms with E-state index in [0.29, 0.717) is 6.42 Å². The van der Waals surface area contributed by atoms with Crippen molar-refractivity contribution in [1.82, 2.24) is 4.98 Å². The van der Waals surface area contributed by atoms with Crippen LogP contribution in [0.15, 0.2) is 48.8 Å². The largest absolute Gasteiger partial charge is 0.385 e. The molecule has 0 aliphatic carbocycles. The normalized spacial score (nSPS) is 14.3. The Morgan fingerprint density at radius 3 is 2.41 bits per heavy atom. The fourth-order valence-electron chi connectivity index (χ4n) is 1.99. The second-order valence-electron chi connectivity index (χ2n) is 4.61. The van der Waals surface area contributed by atoms with Crippen LogP contribution in [0.25, 0.3) is 0 Å². The van der Waals surface area contributed by atoms with Crippen molar-refractivity contribution in [1.29, 1.82) is 0 Å². The van der Waals surface area contributed by atoms with Gasteiger partial charge in [0.05, 0.1) is 5.60 Å². The highest BCUT2D eigenvalue weighted by Gasteiger charge is 2.23. The minimum atomic E-state index is -0.852. The Labute approximate surface area is 102 Å². The van der Waals surface area contributed by atoms with Gasteiger partial charge in [0.15, 0.2) is 0 Å². The summed E-state index contributed by atoms with van der Waals surface area (Å²) in [5, 5.41) is 10.5. The number of rotatable bonds is 3. The first-order chi connectivity index (χ1) is 8.09. The van der Waals surface area contributed by atoms with Crippen molar-refractivity contribution in [2.24, 2.45) is 0 Å². The number of aliphatic hydroxyl groups is 1.